The first-order valence-corrected chi connectivity index (χ1v) is 6.23. The second-order valence-electron chi connectivity index (χ2n) is 5.39. The summed E-state index contributed by atoms with van der Waals surface area (Å²) in [5, 5.41) is 21.4. The molecule has 6 heteroatoms. The van der Waals surface area contributed by atoms with E-state index in [4.69, 9.17) is 5.11 Å². The van der Waals surface area contributed by atoms with Crippen molar-refractivity contribution < 1.29 is 19.8 Å². The predicted octanol–water partition coefficient (Wildman–Crippen LogP) is 0.652. The molecule has 1 aliphatic rings. The number of amides is 2. The maximum Gasteiger partial charge on any atom is 0.317 e. The smallest absolute Gasteiger partial charge is 0.317 e. The lowest BCUT2D eigenvalue weighted by Crippen LogP contribution is -2.54. The van der Waals surface area contributed by atoms with Gasteiger partial charge >= 0.3 is 12.0 Å². The van der Waals surface area contributed by atoms with E-state index in [1.165, 1.54) is 4.90 Å². The summed E-state index contributed by atoms with van der Waals surface area (Å²) in [6, 6.07) is -0.752. The van der Waals surface area contributed by atoms with Gasteiger partial charge in [0.25, 0.3) is 0 Å². The zero-order chi connectivity index (χ0) is 13.9. The molecular formula is C12H22N2O4. The standard InChI is InChI=1S/C12H22N2O4/c1-8(10(15)16)9(2)13-11(17)14-6-4-5-12(3,18)7-14/h8-9,18H,4-7H2,1-3H3,(H,13,17)(H,15,16). The molecule has 0 aromatic heterocycles. The van der Waals surface area contributed by atoms with Crippen molar-refractivity contribution in [3.63, 3.8) is 0 Å². The van der Waals surface area contributed by atoms with E-state index in [2.05, 4.69) is 5.32 Å². The first kappa shape index (κ1) is 14.8. The number of likely N-dealkylation sites (tertiary alicyclic amines) is 1. The van der Waals surface area contributed by atoms with Gasteiger partial charge in [-0.15, -0.1) is 0 Å². The lowest BCUT2D eigenvalue weighted by molar-refractivity contribution is -0.141. The van der Waals surface area contributed by atoms with E-state index in [0.717, 1.165) is 6.42 Å². The predicted molar refractivity (Wildman–Crippen MR) is 66.2 cm³/mol. The van der Waals surface area contributed by atoms with Gasteiger partial charge < -0.3 is 20.4 Å². The number of hydrogen-bond donors (Lipinski definition) is 3. The minimum Gasteiger partial charge on any atom is -0.481 e. The van der Waals surface area contributed by atoms with Crippen LogP contribution in [-0.2, 0) is 4.79 Å². The van der Waals surface area contributed by atoms with Gasteiger partial charge in [0, 0.05) is 12.6 Å². The first-order chi connectivity index (χ1) is 8.23. The van der Waals surface area contributed by atoms with Crippen molar-refractivity contribution in [1.29, 1.82) is 0 Å². The van der Waals surface area contributed by atoms with Gasteiger partial charge in [-0.2, -0.15) is 0 Å². The molecule has 0 spiro atoms. The number of carbonyl (C=O) groups is 2. The van der Waals surface area contributed by atoms with E-state index < -0.39 is 23.5 Å². The van der Waals surface area contributed by atoms with Crippen LogP contribution < -0.4 is 5.32 Å². The molecule has 0 aromatic carbocycles. The number of hydrogen-bond acceptors (Lipinski definition) is 3. The summed E-state index contributed by atoms with van der Waals surface area (Å²) in [6.45, 7) is 5.80. The van der Waals surface area contributed by atoms with Crippen molar-refractivity contribution in [2.45, 2.75) is 45.3 Å². The van der Waals surface area contributed by atoms with Crippen molar-refractivity contribution in [2.24, 2.45) is 5.92 Å². The van der Waals surface area contributed by atoms with Crippen LogP contribution in [0.25, 0.3) is 0 Å². The molecule has 1 saturated heterocycles. The average Bonchev–Trinajstić information content (AvgIpc) is 2.26. The first-order valence-electron chi connectivity index (χ1n) is 6.23. The Morgan fingerprint density at radius 2 is 2.00 bits per heavy atom. The van der Waals surface area contributed by atoms with Gasteiger partial charge in [0.2, 0.25) is 0 Å². The zero-order valence-corrected chi connectivity index (χ0v) is 11.1. The third-order valence-electron chi connectivity index (χ3n) is 3.45. The summed E-state index contributed by atoms with van der Waals surface area (Å²) in [7, 11) is 0. The van der Waals surface area contributed by atoms with Crippen LogP contribution in [0.15, 0.2) is 0 Å². The fraction of sp³-hybridized carbons (Fsp3) is 0.833. The summed E-state index contributed by atoms with van der Waals surface area (Å²) in [6.07, 6.45) is 1.43. The molecule has 0 radical (unpaired) electrons. The molecule has 0 aromatic rings. The van der Waals surface area contributed by atoms with Crippen molar-refractivity contribution in [1.82, 2.24) is 10.2 Å². The Kier molecular flexibility index (Phi) is 4.56. The van der Waals surface area contributed by atoms with Gasteiger partial charge in [0.1, 0.15) is 0 Å². The Labute approximate surface area is 107 Å². The third-order valence-corrected chi connectivity index (χ3v) is 3.45. The molecule has 18 heavy (non-hydrogen) atoms. The zero-order valence-electron chi connectivity index (χ0n) is 11.1. The van der Waals surface area contributed by atoms with Crippen LogP contribution in [0.1, 0.15) is 33.6 Å². The third kappa shape index (κ3) is 3.87. The number of aliphatic carboxylic acids is 1. The van der Waals surface area contributed by atoms with Crippen LogP contribution in [0.5, 0.6) is 0 Å². The topological polar surface area (TPSA) is 89.9 Å². The van der Waals surface area contributed by atoms with E-state index in [-0.39, 0.29) is 12.6 Å². The van der Waals surface area contributed by atoms with Crippen molar-refractivity contribution in [2.75, 3.05) is 13.1 Å². The van der Waals surface area contributed by atoms with Crippen LogP contribution >= 0.6 is 0 Å². The Morgan fingerprint density at radius 1 is 1.39 bits per heavy atom. The highest BCUT2D eigenvalue weighted by Crippen LogP contribution is 2.20. The number of nitrogens with one attached hydrogen (secondary N) is 1. The van der Waals surface area contributed by atoms with Crippen LogP contribution in [0.2, 0.25) is 0 Å². The van der Waals surface area contributed by atoms with Crippen molar-refractivity contribution in [3.8, 4) is 0 Å². The van der Waals surface area contributed by atoms with Crippen molar-refractivity contribution >= 4 is 12.0 Å². The SMILES string of the molecule is CC(NC(=O)N1CCCC(C)(O)C1)C(C)C(=O)O. The quantitative estimate of drug-likeness (QED) is 0.693. The second-order valence-corrected chi connectivity index (χ2v) is 5.39. The molecule has 0 aliphatic carbocycles. The Morgan fingerprint density at radius 3 is 2.50 bits per heavy atom. The van der Waals surface area contributed by atoms with Gasteiger partial charge in [0.05, 0.1) is 18.1 Å². The fourth-order valence-electron chi connectivity index (χ4n) is 2.02. The minimum absolute atomic E-state index is 0.285. The number of piperidine rings is 1. The van der Waals surface area contributed by atoms with Crippen LogP contribution in [0.3, 0.4) is 0 Å². The lowest BCUT2D eigenvalue weighted by Gasteiger charge is -2.37. The normalized spacial score (nSPS) is 27.4. The molecule has 0 saturated carbocycles. The number of rotatable bonds is 3. The summed E-state index contributed by atoms with van der Waals surface area (Å²) in [4.78, 5) is 24.3. The number of nitrogens with zero attached hydrogens (tertiary/aromatic N) is 1. The Hall–Kier alpha value is -1.30. The monoisotopic (exact) mass is 258 g/mol. The lowest BCUT2D eigenvalue weighted by atomic mass is 9.95. The average molecular weight is 258 g/mol. The van der Waals surface area contributed by atoms with Gasteiger partial charge in [-0.05, 0) is 33.6 Å². The molecular weight excluding hydrogens is 236 g/mol. The molecule has 3 unspecified atom stereocenters. The molecule has 3 atom stereocenters. The maximum absolute atomic E-state index is 11.9. The van der Waals surface area contributed by atoms with Crippen molar-refractivity contribution in [3.05, 3.63) is 0 Å². The van der Waals surface area contributed by atoms with Gasteiger partial charge in [0.15, 0.2) is 0 Å². The van der Waals surface area contributed by atoms with E-state index in [9.17, 15) is 14.7 Å². The van der Waals surface area contributed by atoms with Gasteiger partial charge in [-0.1, -0.05) is 0 Å². The summed E-state index contributed by atoms with van der Waals surface area (Å²) in [5.74, 6) is -1.58. The molecule has 1 heterocycles. The molecule has 2 amide bonds. The Bertz CT molecular complexity index is 330. The van der Waals surface area contributed by atoms with E-state index in [1.54, 1.807) is 20.8 Å². The minimum atomic E-state index is -0.937. The molecule has 1 rings (SSSR count). The number of carbonyl (C=O) groups excluding carboxylic acids is 1. The number of urea groups is 1. The highest BCUT2D eigenvalue weighted by Gasteiger charge is 2.32. The molecule has 6 nitrogen and oxygen atoms in total. The number of β-amino-alcohol motifs (C(OH)–C–C–N with tert-alkyl or cyclic N) is 1. The molecule has 1 fully saturated rings. The number of carboxylic acid groups (broad SMARTS) is 1. The summed E-state index contributed by atoms with van der Waals surface area (Å²) < 4.78 is 0. The number of carboxylic acids is 1. The van der Waals surface area contributed by atoms with E-state index in [0.29, 0.717) is 13.0 Å². The fourth-order valence-corrected chi connectivity index (χ4v) is 2.02. The number of aliphatic hydroxyl groups is 1. The highest BCUT2D eigenvalue weighted by atomic mass is 16.4. The molecule has 0 bridgehead atoms. The highest BCUT2D eigenvalue weighted by molar-refractivity contribution is 5.76. The van der Waals surface area contributed by atoms with E-state index in [1.807, 2.05) is 0 Å². The molecule has 1 aliphatic heterocycles. The summed E-state index contributed by atoms with van der Waals surface area (Å²) in [5.41, 5.74) is -0.850. The Balaban J connectivity index is 2.52. The van der Waals surface area contributed by atoms with Crippen LogP contribution in [0.4, 0.5) is 4.79 Å². The molecule has 104 valence electrons. The van der Waals surface area contributed by atoms with Gasteiger partial charge in [-0.25, -0.2) is 4.79 Å². The van der Waals surface area contributed by atoms with Crippen LogP contribution in [-0.4, -0.2) is 51.8 Å². The van der Waals surface area contributed by atoms with E-state index >= 15 is 0 Å². The maximum atomic E-state index is 11.9. The van der Waals surface area contributed by atoms with Crippen LogP contribution in [0, 0.1) is 5.92 Å². The van der Waals surface area contributed by atoms with Gasteiger partial charge in [-0.3, -0.25) is 4.79 Å². The molecule has 3 N–H and O–H groups in total. The second kappa shape index (κ2) is 5.56. The summed E-state index contributed by atoms with van der Waals surface area (Å²) >= 11 is 0. The largest absolute Gasteiger partial charge is 0.481 e.